The van der Waals surface area contributed by atoms with Gasteiger partial charge in [-0.05, 0) is 49.3 Å². The average Bonchev–Trinajstić information content (AvgIpc) is 2.82. The zero-order chi connectivity index (χ0) is 13.0. The molecule has 2 nitrogen and oxygen atoms in total. The summed E-state index contributed by atoms with van der Waals surface area (Å²) >= 11 is 6.06. The average molecular weight is 266 g/mol. The van der Waals surface area contributed by atoms with Crippen LogP contribution in [0.15, 0.2) is 24.3 Å². The molecule has 2 atom stereocenters. The van der Waals surface area contributed by atoms with Gasteiger partial charge in [-0.1, -0.05) is 19.1 Å². The van der Waals surface area contributed by atoms with Crippen LogP contribution in [0.5, 0.6) is 0 Å². The predicted octanol–water partition coefficient (Wildman–Crippen LogP) is 3.39. The molecule has 1 N–H and O–H groups in total. The predicted molar refractivity (Wildman–Crippen MR) is 75.1 cm³/mol. The van der Waals surface area contributed by atoms with Gasteiger partial charge in [0.15, 0.2) is 0 Å². The molecule has 2 unspecified atom stereocenters. The lowest BCUT2D eigenvalue weighted by atomic mass is 10.1. The molecule has 1 aromatic carbocycles. The molecular formula is C15H20ClNO. The van der Waals surface area contributed by atoms with Crippen LogP contribution in [0, 0.1) is 5.92 Å². The number of nitrogens with one attached hydrogen (secondary N) is 1. The van der Waals surface area contributed by atoms with E-state index in [-0.39, 0.29) is 5.91 Å². The summed E-state index contributed by atoms with van der Waals surface area (Å²) in [4.78, 5) is 11.9. The van der Waals surface area contributed by atoms with E-state index in [1.807, 2.05) is 24.3 Å². The number of halogens is 1. The molecule has 0 saturated heterocycles. The van der Waals surface area contributed by atoms with E-state index in [9.17, 15) is 4.79 Å². The standard InChI is InChI=1S/C15H20ClNO/c1-2-11-3-6-13(7-4-11)15(18)17-10-12-5-8-14(16)9-12/h3-4,6-7,12,14H,2,5,8-10H2,1H3,(H,17,18). The third kappa shape index (κ3) is 3.49. The number of hydrogen-bond acceptors (Lipinski definition) is 1. The molecule has 1 amide bonds. The van der Waals surface area contributed by atoms with Crippen LogP contribution in [0.2, 0.25) is 0 Å². The third-order valence-electron chi connectivity index (χ3n) is 3.65. The van der Waals surface area contributed by atoms with E-state index in [0.717, 1.165) is 37.8 Å². The van der Waals surface area contributed by atoms with Crippen molar-refractivity contribution in [3.05, 3.63) is 35.4 Å². The SMILES string of the molecule is CCc1ccc(C(=O)NCC2CCC(Cl)C2)cc1. The number of alkyl halides is 1. The Bertz CT molecular complexity index is 401. The summed E-state index contributed by atoms with van der Waals surface area (Å²) in [5.74, 6) is 0.571. The molecule has 1 saturated carbocycles. The van der Waals surface area contributed by atoms with Gasteiger partial charge in [0, 0.05) is 17.5 Å². The van der Waals surface area contributed by atoms with E-state index < -0.39 is 0 Å². The molecule has 0 bridgehead atoms. The summed E-state index contributed by atoms with van der Waals surface area (Å²) in [5, 5.41) is 3.30. The van der Waals surface area contributed by atoms with E-state index >= 15 is 0 Å². The van der Waals surface area contributed by atoms with Gasteiger partial charge in [-0.25, -0.2) is 0 Å². The smallest absolute Gasteiger partial charge is 0.251 e. The second kappa shape index (κ2) is 6.24. The van der Waals surface area contributed by atoms with Crippen molar-refractivity contribution in [1.29, 1.82) is 0 Å². The zero-order valence-corrected chi connectivity index (χ0v) is 11.5. The Morgan fingerprint density at radius 2 is 2.06 bits per heavy atom. The van der Waals surface area contributed by atoms with Gasteiger partial charge in [0.05, 0.1) is 0 Å². The molecule has 1 aromatic rings. The first-order chi connectivity index (χ1) is 8.69. The second-order valence-corrected chi connectivity index (χ2v) is 5.65. The van der Waals surface area contributed by atoms with Gasteiger partial charge in [-0.3, -0.25) is 4.79 Å². The number of carbonyl (C=O) groups is 1. The monoisotopic (exact) mass is 265 g/mol. The van der Waals surface area contributed by atoms with Gasteiger partial charge in [0.2, 0.25) is 0 Å². The fourth-order valence-electron chi connectivity index (χ4n) is 2.43. The summed E-state index contributed by atoms with van der Waals surface area (Å²) in [7, 11) is 0. The lowest BCUT2D eigenvalue weighted by Crippen LogP contribution is -2.28. The maximum atomic E-state index is 11.9. The molecule has 0 radical (unpaired) electrons. The van der Waals surface area contributed by atoms with E-state index in [0.29, 0.717) is 11.3 Å². The van der Waals surface area contributed by atoms with Crippen LogP contribution in [0.4, 0.5) is 0 Å². The summed E-state index contributed by atoms with van der Waals surface area (Å²) in [6.07, 6.45) is 4.23. The van der Waals surface area contributed by atoms with Gasteiger partial charge < -0.3 is 5.32 Å². The highest BCUT2D eigenvalue weighted by molar-refractivity contribution is 6.20. The Balaban J connectivity index is 1.83. The first-order valence-corrected chi connectivity index (χ1v) is 7.14. The van der Waals surface area contributed by atoms with Crippen molar-refractivity contribution in [2.24, 2.45) is 5.92 Å². The van der Waals surface area contributed by atoms with Crippen molar-refractivity contribution in [2.75, 3.05) is 6.54 Å². The Morgan fingerprint density at radius 1 is 1.33 bits per heavy atom. The summed E-state index contributed by atoms with van der Waals surface area (Å²) in [5.41, 5.74) is 2.00. The molecule has 0 spiro atoms. The number of aryl methyl sites for hydroxylation is 1. The molecule has 0 heterocycles. The Labute approximate surface area is 114 Å². The molecule has 0 aliphatic heterocycles. The first-order valence-electron chi connectivity index (χ1n) is 6.70. The van der Waals surface area contributed by atoms with E-state index in [4.69, 9.17) is 11.6 Å². The van der Waals surface area contributed by atoms with Crippen LogP contribution in [0.3, 0.4) is 0 Å². The Kier molecular flexibility index (Phi) is 4.65. The fourth-order valence-corrected chi connectivity index (χ4v) is 2.81. The van der Waals surface area contributed by atoms with Gasteiger partial charge in [0.25, 0.3) is 5.91 Å². The van der Waals surface area contributed by atoms with Crippen LogP contribution >= 0.6 is 11.6 Å². The molecule has 1 aliphatic carbocycles. The molecule has 18 heavy (non-hydrogen) atoms. The maximum Gasteiger partial charge on any atom is 0.251 e. The van der Waals surface area contributed by atoms with Gasteiger partial charge in [-0.15, -0.1) is 11.6 Å². The highest BCUT2D eigenvalue weighted by Crippen LogP contribution is 2.28. The zero-order valence-electron chi connectivity index (χ0n) is 10.8. The van der Waals surface area contributed by atoms with Gasteiger partial charge >= 0.3 is 0 Å². The normalized spacial score (nSPS) is 23.0. The molecule has 0 aromatic heterocycles. The molecular weight excluding hydrogens is 246 g/mol. The maximum absolute atomic E-state index is 11.9. The number of amides is 1. The lowest BCUT2D eigenvalue weighted by Gasteiger charge is -2.11. The van der Waals surface area contributed by atoms with E-state index in [1.165, 1.54) is 5.56 Å². The van der Waals surface area contributed by atoms with Crippen molar-refractivity contribution in [2.45, 2.75) is 38.0 Å². The molecule has 2 rings (SSSR count). The van der Waals surface area contributed by atoms with Crippen LogP contribution in [0.1, 0.15) is 42.1 Å². The third-order valence-corrected chi connectivity index (χ3v) is 4.05. The highest BCUT2D eigenvalue weighted by Gasteiger charge is 2.23. The van der Waals surface area contributed by atoms with Crippen molar-refractivity contribution in [1.82, 2.24) is 5.32 Å². The van der Waals surface area contributed by atoms with Crippen molar-refractivity contribution >= 4 is 17.5 Å². The van der Waals surface area contributed by atoms with E-state index in [1.54, 1.807) is 0 Å². The van der Waals surface area contributed by atoms with Crippen LogP contribution in [-0.2, 0) is 6.42 Å². The number of benzene rings is 1. The lowest BCUT2D eigenvalue weighted by molar-refractivity contribution is 0.0947. The fraction of sp³-hybridized carbons (Fsp3) is 0.533. The summed E-state index contributed by atoms with van der Waals surface area (Å²) in [6.45, 7) is 2.86. The minimum atomic E-state index is 0.0238. The minimum Gasteiger partial charge on any atom is -0.352 e. The highest BCUT2D eigenvalue weighted by atomic mass is 35.5. The van der Waals surface area contributed by atoms with Crippen molar-refractivity contribution in [3.63, 3.8) is 0 Å². The molecule has 98 valence electrons. The number of carbonyl (C=O) groups excluding carboxylic acids is 1. The summed E-state index contributed by atoms with van der Waals surface area (Å²) < 4.78 is 0. The van der Waals surface area contributed by atoms with Crippen LogP contribution < -0.4 is 5.32 Å². The molecule has 3 heteroatoms. The summed E-state index contributed by atoms with van der Waals surface area (Å²) in [6, 6.07) is 7.82. The van der Waals surface area contributed by atoms with Crippen molar-refractivity contribution < 1.29 is 4.79 Å². The first kappa shape index (κ1) is 13.4. The van der Waals surface area contributed by atoms with Gasteiger partial charge in [0.1, 0.15) is 0 Å². The second-order valence-electron chi connectivity index (χ2n) is 5.04. The minimum absolute atomic E-state index is 0.0238. The topological polar surface area (TPSA) is 29.1 Å². The van der Waals surface area contributed by atoms with Gasteiger partial charge in [-0.2, -0.15) is 0 Å². The molecule has 1 aliphatic rings. The van der Waals surface area contributed by atoms with E-state index in [2.05, 4.69) is 12.2 Å². The Hall–Kier alpha value is -1.02. The number of hydrogen-bond donors (Lipinski definition) is 1. The number of rotatable bonds is 4. The Morgan fingerprint density at radius 3 is 2.61 bits per heavy atom. The van der Waals surface area contributed by atoms with Crippen LogP contribution in [-0.4, -0.2) is 17.8 Å². The largest absolute Gasteiger partial charge is 0.352 e. The molecule has 1 fully saturated rings. The van der Waals surface area contributed by atoms with Crippen LogP contribution in [0.25, 0.3) is 0 Å². The van der Waals surface area contributed by atoms with Crippen molar-refractivity contribution in [3.8, 4) is 0 Å². The quantitative estimate of drug-likeness (QED) is 0.831.